The van der Waals surface area contributed by atoms with Crippen molar-refractivity contribution in [2.45, 2.75) is 39.0 Å². The van der Waals surface area contributed by atoms with Crippen molar-refractivity contribution in [2.24, 2.45) is 4.99 Å². The summed E-state index contributed by atoms with van der Waals surface area (Å²) in [6.07, 6.45) is 2.11. The van der Waals surface area contributed by atoms with Crippen LogP contribution in [0.4, 0.5) is 0 Å². The molecule has 0 aliphatic rings. The van der Waals surface area contributed by atoms with Crippen molar-refractivity contribution in [1.82, 2.24) is 10.6 Å². The molecule has 25 heavy (non-hydrogen) atoms. The number of guanidine groups is 1. The summed E-state index contributed by atoms with van der Waals surface area (Å²) in [4.78, 5) is 16.2. The van der Waals surface area contributed by atoms with Gasteiger partial charge < -0.3 is 15.4 Å². The molecular formula is C18H30IN3O2S. The smallest absolute Gasteiger partial charge is 0.338 e. The summed E-state index contributed by atoms with van der Waals surface area (Å²) in [7, 11) is 0. The van der Waals surface area contributed by atoms with Crippen molar-refractivity contribution >= 4 is 47.7 Å². The second-order valence-corrected chi connectivity index (χ2v) is 7.44. The van der Waals surface area contributed by atoms with Gasteiger partial charge >= 0.3 is 5.97 Å². The number of esters is 1. The van der Waals surface area contributed by atoms with Crippen molar-refractivity contribution < 1.29 is 9.53 Å². The Morgan fingerprint density at radius 1 is 1.20 bits per heavy atom. The molecule has 0 amide bonds. The fourth-order valence-electron chi connectivity index (χ4n) is 1.84. The monoisotopic (exact) mass is 479 g/mol. The number of carbonyl (C=O) groups is 1. The quantitative estimate of drug-likeness (QED) is 0.258. The summed E-state index contributed by atoms with van der Waals surface area (Å²) in [5, 5.41) is 6.62. The third-order valence-corrected chi connectivity index (χ3v) is 4.71. The largest absolute Gasteiger partial charge is 0.462 e. The van der Waals surface area contributed by atoms with Crippen molar-refractivity contribution in [2.75, 3.05) is 26.0 Å². The summed E-state index contributed by atoms with van der Waals surface area (Å²) in [5.41, 5.74) is 1.61. The molecule has 0 saturated heterocycles. The van der Waals surface area contributed by atoms with Crippen LogP contribution in [-0.4, -0.2) is 42.6 Å². The molecule has 0 heterocycles. The molecule has 0 unspecified atom stereocenters. The highest BCUT2D eigenvalue weighted by Gasteiger charge is 2.16. The predicted molar refractivity (Wildman–Crippen MR) is 118 cm³/mol. The number of aliphatic imine (C=N–C) groups is 1. The van der Waals surface area contributed by atoms with Crippen LogP contribution in [0.25, 0.3) is 0 Å². The van der Waals surface area contributed by atoms with Crippen LogP contribution in [0.15, 0.2) is 29.3 Å². The van der Waals surface area contributed by atoms with E-state index in [9.17, 15) is 4.79 Å². The van der Waals surface area contributed by atoms with Crippen molar-refractivity contribution in [3.8, 4) is 0 Å². The average molecular weight is 479 g/mol. The van der Waals surface area contributed by atoms with Crippen LogP contribution in [-0.2, 0) is 11.3 Å². The minimum Gasteiger partial charge on any atom is -0.462 e. The first-order valence-corrected chi connectivity index (χ1v) is 9.47. The molecule has 0 bridgehead atoms. The normalized spacial score (nSPS) is 11.5. The molecule has 0 aromatic heterocycles. The lowest BCUT2D eigenvalue weighted by atomic mass is 10.1. The molecule has 142 valence electrons. The lowest BCUT2D eigenvalue weighted by molar-refractivity contribution is 0.0526. The summed E-state index contributed by atoms with van der Waals surface area (Å²) in [6.45, 7) is 10.8. The molecule has 1 aromatic rings. The lowest BCUT2D eigenvalue weighted by Crippen LogP contribution is -2.43. The fourth-order valence-corrected chi connectivity index (χ4v) is 2.06. The Bertz CT molecular complexity index is 548. The van der Waals surface area contributed by atoms with Crippen LogP contribution in [0, 0.1) is 0 Å². The third-order valence-electron chi connectivity index (χ3n) is 3.46. The van der Waals surface area contributed by atoms with Gasteiger partial charge in [-0.25, -0.2) is 9.79 Å². The van der Waals surface area contributed by atoms with Gasteiger partial charge in [0.25, 0.3) is 0 Å². The van der Waals surface area contributed by atoms with Gasteiger partial charge in [0.15, 0.2) is 5.96 Å². The standard InChI is InChI=1S/C18H29N3O2S.HI/c1-6-19-17(21-13-18(3,4)24-5)20-12-14-8-10-15(11-9-14)16(22)23-7-2;/h8-11H,6-7,12-13H2,1-5H3,(H2,19,20,21);1H. The van der Waals surface area contributed by atoms with Gasteiger partial charge in [0, 0.05) is 17.8 Å². The lowest BCUT2D eigenvalue weighted by Gasteiger charge is -2.23. The maximum atomic E-state index is 11.6. The van der Waals surface area contributed by atoms with E-state index in [1.807, 2.05) is 30.8 Å². The van der Waals surface area contributed by atoms with E-state index in [2.05, 4.69) is 35.7 Å². The number of ether oxygens (including phenoxy) is 1. The molecule has 0 spiro atoms. The van der Waals surface area contributed by atoms with Gasteiger partial charge in [0.1, 0.15) is 0 Å². The zero-order chi connectivity index (χ0) is 18.0. The fraction of sp³-hybridized carbons (Fsp3) is 0.556. The van der Waals surface area contributed by atoms with Crippen molar-refractivity contribution in [1.29, 1.82) is 0 Å². The van der Waals surface area contributed by atoms with Gasteiger partial charge in [-0.2, -0.15) is 11.8 Å². The van der Waals surface area contributed by atoms with Crippen LogP contribution < -0.4 is 10.6 Å². The summed E-state index contributed by atoms with van der Waals surface area (Å²) in [5.74, 6) is 0.510. The number of thioether (sulfide) groups is 1. The van der Waals surface area contributed by atoms with E-state index >= 15 is 0 Å². The Morgan fingerprint density at radius 2 is 1.84 bits per heavy atom. The summed E-state index contributed by atoms with van der Waals surface area (Å²) >= 11 is 1.82. The molecule has 0 fully saturated rings. The Kier molecular flexibility index (Phi) is 11.9. The van der Waals surface area contributed by atoms with Gasteiger partial charge in [-0.3, -0.25) is 0 Å². The number of hydrogen-bond donors (Lipinski definition) is 2. The SMILES string of the molecule is CCNC(=NCc1ccc(C(=O)OCC)cc1)NCC(C)(C)SC.I. The number of nitrogens with one attached hydrogen (secondary N) is 2. The second-order valence-electron chi connectivity index (χ2n) is 5.93. The number of nitrogens with zero attached hydrogens (tertiary/aromatic N) is 1. The molecule has 0 radical (unpaired) electrons. The molecule has 0 atom stereocenters. The highest BCUT2D eigenvalue weighted by atomic mass is 127. The molecule has 1 rings (SSSR count). The highest BCUT2D eigenvalue weighted by molar-refractivity contribution is 14.0. The third kappa shape index (κ3) is 9.34. The molecule has 0 aliphatic carbocycles. The summed E-state index contributed by atoms with van der Waals surface area (Å²) in [6, 6.07) is 7.37. The minimum absolute atomic E-state index is 0. The zero-order valence-corrected chi connectivity index (χ0v) is 18.9. The van der Waals surface area contributed by atoms with Crippen LogP contribution in [0.1, 0.15) is 43.6 Å². The number of halogens is 1. The number of benzene rings is 1. The molecule has 1 aromatic carbocycles. The second kappa shape index (κ2) is 12.4. The van der Waals surface area contributed by atoms with E-state index in [-0.39, 0.29) is 34.7 Å². The van der Waals surface area contributed by atoms with Gasteiger partial charge in [-0.05, 0) is 51.6 Å². The van der Waals surface area contributed by atoms with Gasteiger partial charge in [0.2, 0.25) is 0 Å². The van der Waals surface area contributed by atoms with Crippen LogP contribution in [0.2, 0.25) is 0 Å². The number of hydrogen-bond acceptors (Lipinski definition) is 4. The maximum absolute atomic E-state index is 11.6. The molecule has 5 nitrogen and oxygen atoms in total. The average Bonchev–Trinajstić information content (AvgIpc) is 2.58. The molecule has 7 heteroatoms. The molecule has 0 aliphatic heterocycles. The van der Waals surface area contributed by atoms with Gasteiger partial charge in [-0.15, -0.1) is 24.0 Å². The Balaban J connectivity index is 0.00000576. The van der Waals surface area contributed by atoms with E-state index in [1.165, 1.54) is 0 Å². The minimum atomic E-state index is -0.290. The van der Waals surface area contributed by atoms with E-state index in [0.717, 1.165) is 24.6 Å². The first-order valence-electron chi connectivity index (χ1n) is 8.25. The first kappa shape index (κ1) is 24.0. The van der Waals surface area contributed by atoms with Crippen molar-refractivity contribution in [3.63, 3.8) is 0 Å². The number of carbonyl (C=O) groups excluding carboxylic acids is 1. The van der Waals surface area contributed by atoms with Crippen molar-refractivity contribution in [3.05, 3.63) is 35.4 Å². The van der Waals surface area contributed by atoms with Crippen LogP contribution >= 0.6 is 35.7 Å². The maximum Gasteiger partial charge on any atom is 0.338 e. The molecule has 2 N–H and O–H groups in total. The van der Waals surface area contributed by atoms with Gasteiger partial charge in [-0.1, -0.05) is 12.1 Å². The zero-order valence-electron chi connectivity index (χ0n) is 15.7. The van der Waals surface area contributed by atoms with E-state index < -0.39 is 0 Å². The van der Waals surface area contributed by atoms with E-state index in [4.69, 9.17) is 4.74 Å². The topological polar surface area (TPSA) is 62.7 Å². The predicted octanol–water partition coefficient (Wildman–Crippen LogP) is 3.68. The Hall–Kier alpha value is -0.960. The molecule has 0 saturated carbocycles. The van der Waals surface area contributed by atoms with Crippen LogP contribution in [0.5, 0.6) is 0 Å². The molecular weight excluding hydrogens is 449 g/mol. The Morgan fingerprint density at radius 3 is 2.36 bits per heavy atom. The number of rotatable bonds is 8. The van der Waals surface area contributed by atoms with Crippen LogP contribution in [0.3, 0.4) is 0 Å². The first-order chi connectivity index (χ1) is 11.4. The highest BCUT2D eigenvalue weighted by Crippen LogP contribution is 2.19. The van der Waals surface area contributed by atoms with E-state index in [1.54, 1.807) is 19.1 Å². The Labute approximate surface area is 172 Å². The van der Waals surface area contributed by atoms with E-state index in [0.29, 0.717) is 18.7 Å². The van der Waals surface area contributed by atoms with Gasteiger partial charge in [0.05, 0.1) is 18.7 Å². The summed E-state index contributed by atoms with van der Waals surface area (Å²) < 4.78 is 5.13.